The quantitative estimate of drug-likeness (QED) is 0.172. The van der Waals surface area contributed by atoms with E-state index < -0.39 is 0 Å². The van der Waals surface area contributed by atoms with Crippen molar-refractivity contribution in [2.24, 2.45) is 0 Å². The summed E-state index contributed by atoms with van der Waals surface area (Å²) in [5, 5.41) is 4.30. The SMILES string of the molecule is c1ccc(-c2cccc(-c3nc(-c4ccccc4)nc(-c4cccc5oc6ccc7c8ccccc8n(-c8cccc(-c9ccccc9)c8)c7c6c45)n3)c2)cc1. The standard InChI is InChI=1S/C51H32N4O/c1-4-15-33(16-5-1)36-21-12-23-38(31-36)50-52-49(35-19-8-3-9-20-35)53-51(54-50)42-26-14-28-44-46(42)47-45(56-44)30-29-41-40-25-10-11-27-43(40)55(48(41)47)39-24-13-22-37(32-39)34-17-6-2-7-18-34/h1-32H. The second-order valence-corrected chi connectivity index (χ2v) is 14.0. The van der Waals surface area contributed by atoms with Crippen molar-refractivity contribution in [1.82, 2.24) is 19.5 Å². The van der Waals surface area contributed by atoms with E-state index in [-0.39, 0.29) is 0 Å². The third-order valence-corrected chi connectivity index (χ3v) is 10.6. The number of nitrogens with zero attached hydrogens (tertiary/aromatic N) is 4. The second-order valence-electron chi connectivity index (χ2n) is 14.0. The van der Waals surface area contributed by atoms with E-state index in [4.69, 9.17) is 19.4 Å². The summed E-state index contributed by atoms with van der Waals surface area (Å²) >= 11 is 0. The third kappa shape index (κ3) is 5.29. The Morgan fingerprint density at radius 3 is 1.66 bits per heavy atom. The molecule has 3 aromatic heterocycles. The van der Waals surface area contributed by atoms with E-state index in [2.05, 4.69) is 150 Å². The molecule has 262 valence electrons. The topological polar surface area (TPSA) is 56.7 Å². The molecular formula is C51H32N4O. The molecule has 0 radical (unpaired) electrons. The van der Waals surface area contributed by atoms with Crippen molar-refractivity contribution in [3.05, 3.63) is 194 Å². The second kappa shape index (κ2) is 13.0. The highest BCUT2D eigenvalue weighted by atomic mass is 16.3. The summed E-state index contributed by atoms with van der Waals surface area (Å²) in [5.41, 5.74) is 12.1. The van der Waals surface area contributed by atoms with Crippen LogP contribution in [0.3, 0.4) is 0 Å². The highest BCUT2D eigenvalue weighted by Gasteiger charge is 2.23. The van der Waals surface area contributed by atoms with Gasteiger partial charge >= 0.3 is 0 Å². The Bertz CT molecular complexity index is 3240. The molecule has 56 heavy (non-hydrogen) atoms. The van der Waals surface area contributed by atoms with Crippen LogP contribution in [0.25, 0.3) is 106 Å². The van der Waals surface area contributed by atoms with Crippen molar-refractivity contribution >= 4 is 43.7 Å². The predicted octanol–water partition coefficient (Wildman–Crippen LogP) is 13.2. The van der Waals surface area contributed by atoms with Crippen molar-refractivity contribution < 1.29 is 4.42 Å². The zero-order chi connectivity index (χ0) is 37.0. The molecule has 0 bridgehead atoms. The first-order valence-corrected chi connectivity index (χ1v) is 18.8. The summed E-state index contributed by atoms with van der Waals surface area (Å²) in [6.45, 7) is 0. The third-order valence-electron chi connectivity index (χ3n) is 10.6. The molecule has 3 heterocycles. The number of furan rings is 1. The van der Waals surface area contributed by atoms with Crippen LogP contribution in [0, 0.1) is 0 Å². The van der Waals surface area contributed by atoms with Gasteiger partial charge in [0.1, 0.15) is 11.2 Å². The molecule has 0 spiro atoms. The summed E-state index contributed by atoms with van der Waals surface area (Å²) in [5.74, 6) is 1.80. The Kier molecular flexibility index (Phi) is 7.42. The van der Waals surface area contributed by atoms with Gasteiger partial charge in [0.15, 0.2) is 17.5 Å². The maximum absolute atomic E-state index is 6.71. The van der Waals surface area contributed by atoms with Crippen LogP contribution in [0.2, 0.25) is 0 Å². The van der Waals surface area contributed by atoms with Crippen LogP contribution in [0.15, 0.2) is 199 Å². The Hall–Kier alpha value is -7.63. The van der Waals surface area contributed by atoms with Gasteiger partial charge in [-0.25, -0.2) is 15.0 Å². The Morgan fingerprint density at radius 2 is 0.911 bits per heavy atom. The van der Waals surface area contributed by atoms with Crippen molar-refractivity contribution in [2.45, 2.75) is 0 Å². The monoisotopic (exact) mass is 716 g/mol. The lowest BCUT2D eigenvalue weighted by atomic mass is 10.0. The number of hydrogen-bond donors (Lipinski definition) is 0. The maximum Gasteiger partial charge on any atom is 0.164 e. The van der Waals surface area contributed by atoms with Crippen molar-refractivity contribution in [3.63, 3.8) is 0 Å². The van der Waals surface area contributed by atoms with E-state index in [1.807, 2.05) is 48.5 Å². The number of hydrogen-bond acceptors (Lipinski definition) is 4. The Labute approximate surface area is 322 Å². The first-order valence-electron chi connectivity index (χ1n) is 18.8. The van der Waals surface area contributed by atoms with Crippen molar-refractivity contribution in [1.29, 1.82) is 0 Å². The molecule has 11 rings (SSSR count). The van der Waals surface area contributed by atoms with E-state index >= 15 is 0 Å². The van der Waals surface area contributed by atoms with E-state index in [1.165, 1.54) is 10.9 Å². The van der Waals surface area contributed by atoms with E-state index in [0.29, 0.717) is 17.5 Å². The van der Waals surface area contributed by atoms with Gasteiger partial charge in [-0.15, -0.1) is 0 Å². The van der Waals surface area contributed by atoms with Crippen LogP contribution in [0.5, 0.6) is 0 Å². The molecule has 5 heteroatoms. The van der Waals surface area contributed by atoms with Gasteiger partial charge in [-0.1, -0.05) is 152 Å². The number of benzene rings is 8. The fourth-order valence-electron chi connectivity index (χ4n) is 8.08. The minimum atomic E-state index is 0.581. The summed E-state index contributed by atoms with van der Waals surface area (Å²) < 4.78 is 9.10. The fourth-order valence-corrected chi connectivity index (χ4v) is 8.08. The van der Waals surface area contributed by atoms with E-state index in [9.17, 15) is 0 Å². The van der Waals surface area contributed by atoms with Crippen molar-refractivity contribution in [2.75, 3.05) is 0 Å². The van der Waals surface area contributed by atoms with Crippen LogP contribution >= 0.6 is 0 Å². The Morgan fingerprint density at radius 1 is 0.357 bits per heavy atom. The minimum absolute atomic E-state index is 0.581. The largest absolute Gasteiger partial charge is 0.456 e. The van der Waals surface area contributed by atoms with Gasteiger partial charge in [0.05, 0.1) is 16.4 Å². The van der Waals surface area contributed by atoms with Crippen LogP contribution in [-0.2, 0) is 0 Å². The average Bonchev–Trinajstić information content (AvgIpc) is 3.83. The smallest absolute Gasteiger partial charge is 0.164 e. The lowest BCUT2D eigenvalue weighted by Gasteiger charge is -2.12. The normalized spacial score (nSPS) is 11.6. The van der Waals surface area contributed by atoms with Crippen LogP contribution in [0.4, 0.5) is 0 Å². The summed E-state index contributed by atoms with van der Waals surface area (Å²) in [4.78, 5) is 15.5. The van der Waals surface area contributed by atoms with Crippen LogP contribution < -0.4 is 0 Å². The summed E-state index contributed by atoms with van der Waals surface area (Å²) in [6, 6.07) is 67.3. The first-order chi connectivity index (χ1) is 27.8. The number of rotatable bonds is 6. The highest BCUT2D eigenvalue weighted by Crippen LogP contribution is 2.44. The molecular weight excluding hydrogens is 685 g/mol. The number of para-hydroxylation sites is 1. The lowest BCUT2D eigenvalue weighted by molar-refractivity contribution is 0.669. The van der Waals surface area contributed by atoms with Crippen LogP contribution in [0.1, 0.15) is 0 Å². The molecule has 0 saturated heterocycles. The number of fused-ring (bicyclic) bond motifs is 7. The molecule has 0 saturated carbocycles. The summed E-state index contributed by atoms with van der Waals surface area (Å²) in [7, 11) is 0. The maximum atomic E-state index is 6.71. The molecule has 0 fully saturated rings. The molecule has 8 aromatic carbocycles. The van der Waals surface area contributed by atoms with Gasteiger partial charge in [0, 0.05) is 38.5 Å². The molecule has 0 atom stereocenters. The number of aromatic nitrogens is 4. The van der Waals surface area contributed by atoms with Crippen LogP contribution in [-0.4, -0.2) is 19.5 Å². The Balaban J connectivity index is 1.19. The fraction of sp³-hybridized carbons (Fsp3) is 0. The van der Waals surface area contributed by atoms with E-state index in [1.54, 1.807) is 0 Å². The molecule has 0 aliphatic rings. The van der Waals surface area contributed by atoms with E-state index in [0.717, 1.165) is 77.4 Å². The molecule has 5 nitrogen and oxygen atoms in total. The van der Waals surface area contributed by atoms with Gasteiger partial charge in [-0.05, 0) is 64.7 Å². The first kappa shape index (κ1) is 31.9. The molecule has 0 aliphatic heterocycles. The van der Waals surface area contributed by atoms with Crippen molar-refractivity contribution in [3.8, 4) is 62.1 Å². The minimum Gasteiger partial charge on any atom is -0.456 e. The zero-order valence-corrected chi connectivity index (χ0v) is 30.2. The van der Waals surface area contributed by atoms with Gasteiger partial charge < -0.3 is 8.98 Å². The van der Waals surface area contributed by atoms with Gasteiger partial charge in [0.2, 0.25) is 0 Å². The average molecular weight is 717 g/mol. The van der Waals surface area contributed by atoms with Gasteiger partial charge in [-0.2, -0.15) is 0 Å². The highest BCUT2D eigenvalue weighted by molar-refractivity contribution is 6.26. The lowest BCUT2D eigenvalue weighted by Crippen LogP contribution is -2.00. The van der Waals surface area contributed by atoms with Gasteiger partial charge in [-0.3, -0.25) is 0 Å². The molecule has 0 N–H and O–H groups in total. The van der Waals surface area contributed by atoms with Gasteiger partial charge in [0.25, 0.3) is 0 Å². The zero-order valence-electron chi connectivity index (χ0n) is 30.2. The molecule has 11 aromatic rings. The summed E-state index contributed by atoms with van der Waals surface area (Å²) in [6.07, 6.45) is 0. The molecule has 0 aliphatic carbocycles. The molecule has 0 unspecified atom stereocenters. The predicted molar refractivity (Wildman–Crippen MR) is 229 cm³/mol. The molecule has 0 amide bonds.